The molecule has 150 valence electrons. The van der Waals surface area contributed by atoms with Gasteiger partial charge in [-0.3, -0.25) is 9.59 Å². The number of carbonyl (C=O) groups is 2. The Morgan fingerprint density at radius 3 is 2.43 bits per heavy atom. The van der Waals surface area contributed by atoms with Gasteiger partial charge in [0, 0.05) is 19.5 Å². The van der Waals surface area contributed by atoms with Gasteiger partial charge in [0.2, 0.25) is 5.91 Å². The third-order valence-electron chi connectivity index (χ3n) is 3.65. The summed E-state index contributed by atoms with van der Waals surface area (Å²) in [6.07, 6.45) is 0.666. The van der Waals surface area contributed by atoms with E-state index in [9.17, 15) is 22.8 Å². The Labute approximate surface area is 164 Å². The minimum atomic E-state index is -1.71. The molecule has 2 amide bonds. The molecular weight excluding hydrogens is 397 g/mol. The molecule has 0 atom stereocenters. The molecular formula is C19H18ClF3N2O3. The highest BCUT2D eigenvalue weighted by Gasteiger charge is 2.18. The molecule has 0 unspecified atom stereocenters. The van der Waals surface area contributed by atoms with Gasteiger partial charge in [-0.2, -0.15) is 0 Å². The molecule has 0 heterocycles. The monoisotopic (exact) mass is 414 g/mol. The van der Waals surface area contributed by atoms with Crippen molar-refractivity contribution in [3.8, 4) is 5.75 Å². The topological polar surface area (TPSA) is 67.4 Å². The lowest BCUT2D eigenvalue weighted by Crippen LogP contribution is -2.35. The van der Waals surface area contributed by atoms with E-state index in [0.29, 0.717) is 29.9 Å². The molecule has 2 N–H and O–H groups in total. The highest BCUT2D eigenvalue weighted by Crippen LogP contribution is 2.23. The van der Waals surface area contributed by atoms with E-state index in [-0.39, 0.29) is 25.4 Å². The zero-order chi connectivity index (χ0) is 20.5. The lowest BCUT2D eigenvalue weighted by Gasteiger charge is -2.09. The maximum atomic E-state index is 13.5. The second-order valence-corrected chi connectivity index (χ2v) is 6.12. The van der Waals surface area contributed by atoms with Crippen LogP contribution < -0.4 is 15.4 Å². The van der Waals surface area contributed by atoms with E-state index in [1.165, 1.54) is 0 Å². The molecule has 9 heteroatoms. The van der Waals surface area contributed by atoms with Crippen LogP contribution in [0.2, 0.25) is 5.02 Å². The van der Waals surface area contributed by atoms with E-state index in [4.69, 9.17) is 16.3 Å². The number of benzene rings is 2. The number of halogens is 4. The van der Waals surface area contributed by atoms with Crippen molar-refractivity contribution < 1.29 is 27.5 Å². The van der Waals surface area contributed by atoms with Crippen molar-refractivity contribution in [1.82, 2.24) is 10.6 Å². The molecule has 0 saturated heterocycles. The van der Waals surface area contributed by atoms with Gasteiger partial charge >= 0.3 is 0 Å². The average Bonchev–Trinajstić information content (AvgIpc) is 2.68. The smallest absolute Gasteiger partial charge is 0.254 e. The summed E-state index contributed by atoms with van der Waals surface area (Å²) in [6.45, 7) is 0.406. The van der Waals surface area contributed by atoms with Crippen molar-refractivity contribution in [3.05, 3.63) is 64.4 Å². The van der Waals surface area contributed by atoms with Gasteiger partial charge in [0.25, 0.3) is 5.91 Å². The largest absolute Gasteiger partial charge is 0.492 e. The fourth-order valence-corrected chi connectivity index (χ4v) is 2.43. The van der Waals surface area contributed by atoms with Crippen LogP contribution in [0.5, 0.6) is 5.75 Å². The Morgan fingerprint density at radius 2 is 1.68 bits per heavy atom. The predicted octanol–water partition coefficient (Wildman–Crippen LogP) is 3.46. The Hall–Kier alpha value is -2.74. The summed E-state index contributed by atoms with van der Waals surface area (Å²) in [5, 5.41) is 5.37. The third-order valence-corrected chi connectivity index (χ3v) is 3.97. The van der Waals surface area contributed by atoms with Crippen molar-refractivity contribution in [2.24, 2.45) is 0 Å². The van der Waals surface area contributed by atoms with Crippen molar-refractivity contribution in [2.45, 2.75) is 12.8 Å². The number of para-hydroxylation sites is 1. The summed E-state index contributed by atoms with van der Waals surface area (Å²) in [5.74, 6) is -5.26. The van der Waals surface area contributed by atoms with Crippen molar-refractivity contribution in [2.75, 3.05) is 19.7 Å². The van der Waals surface area contributed by atoms with Gasteiger partial charge < -0.3 is 15.4 Å². The second-order valence-electron chi connectivity index (χ2n) is 5.71. The van der Waals surface area contributed by atoms with E-state index in [0.717, 1.165) is 6.07 Å². The van der Waals surface area contributed by atoms with Gasteiger partial charge in [-0.05, 0) is 30.7 Å². The Kier molecular flexibility index (Phi) is 8.13. The minimum Gasteiger partial charge on any atom is -0.492 e. The van der Waals surface area contributed by atoms with Crippen molar-refractivity contribution in [1.29, 1.82) is 0 Å². The maximum Gasteiger partial charge on any atom is 0.254 e. The van der Waals surface area contributed by atoms with Gasteiger partial charge in [0.1, 0.15) is 5.75 Å². The number of amides is 2. The number of rotatable bonds is 9. The predicted molar refractivity (Wildman–Crippen MR) is 97.8 cm³/mol. The van der Waals surface area contributed by atoms with Crippen LogP contribution in [-0.4, -0.2) is 31.5 Å². The Bertz CT molecular complexity index is 849. The zero-order valence-corrected chi connectivity index (χ0v) is 15.5. The first-order chi connectivity index (χ1) is 13.4. The Balaban J connectivity index is 1.63. The van der Waals surface area contributed by atoms with E-state index >= 15 is 0 Å². The quantitative estimate of drug-likeness (QED) is 0.488. The van der Waals surface area contributed by atoms with Crippen molar-refractivity contribution >= 4 is 23.4 Å². The van der Waals surface area contributed by atoms with Gasteiger partial charge in [0.15, 0.2) is 17.5 Å². The van der Waals surface area contributed by atoms with Gasteiger partial charge in [0.05, 0.1) is 17.2 Å². The molecule has 0 saturated carbocycles. The van der Waals surface area contributed by atoms with E-state index < -0.39 is 28.9 Å². The van der Waals surface area contributed by atoms with Crippen LogP contribution in [0.1, 0.15) is 23.2 Å². The summed E-state index contributed by atoms with van der Waals surface area (Å²) in [7, 11) is 0. The lowest BCUT2D eigenvalue weighted by atomic mass is 10.2. The van der Waals surface area contributed by atoms with Crippen LogP contribution in [0.4, 0.5) is 13.2 Å². The summed E-state index contributed by atoms with van der Waals surface area (Å²) in [4.78, 5) is 23.5. The molecule has 0 aromatic heterocycles. The van der Waals surface area contributed by atoms with Crippen LogP contribution in [0.3, 0.4) is 0 Å². The standard InChI is InChI=1S/C19H18ClF3N2O3/c20-13-4-1-2-5-15(13)28-11-3-6-16(26)24-9-10-25-19(27)12-7-8-14(21)18(23)17(12)22/h1-2,4-5,7-8H,3,6,9-11H2,(H,24,26)(H,25,27). The lowest BCUT2D eigenvalue weighted by molar-refractivity contribution is -0.121. The van der Waals surface area contributed by atoms with Gasteiger partial charge in [-0.15, -0.1) is 0 Å². The van der Waals surface area contributed by atoms with Gasteiger partial charge in [-0.25, -0.2) is 13.2 Å². The molecule has 0 aliphatic carbocycles. The summed E-state index contributed by atoms with van der Waals surface area (Å²) in [5.41, 5.74) is -0.609. The molecule has 28 heavy (non-hydrogen) atoms. The van der Waals surface area contributed by atoms with E-state index in [1.807, 2.05) is 0 Å². The molecule has 0 spiro atoms. The molecule has 0 aliphatic rings. The minimum absolute atomic E-state index is 0.000861. The molecule has 0 aliphatic heterocycles. The van der Waals surface area contributed by atoms with Crippen LogP contribution in [0, 0.1) is 17.5 Å². The van der Waals surface area contributed by atoms with Gasteiger partial charge in [-0.1, -0.05) is 23.7 Å². The highest BCUT2D eigenvalue weighted by molar-refractivity contribution is 6.32. The normalized spacial score (nSPS) is 10.4. The van der Waals surface area contributed by atoms with E-state index in [1.54, 1.807) is 24.3 Å². The first-order valence-electron chi connectivity index (χ1n) is 8.46. The summed E-state index contributed by atoms with van der Waals surface area (Å²) in [6, 6.07) is 8.50. The summed E-state index contributed by atoms with van der Waals surface area (Å²) >= 11 is 5.94. The number of nitrogens with one attached hydrogen (secondary N) is 2. The maximum absolute atomic E-state index is 13.5. The summed E-state index contributed by atoms with van der Waals surface area (Å²) < 4.78 is 44.9. The van der Waals surface area contributed by atoms with Crippen LogP contribution in [0.15, 0.2) is 36.4 Å². The molecule has 5 nitrogen and oxygen atoms in total. The first kappa shape index (κ1) is 21.6. The van der Waals surface area contributed by atoms with Crippen molar-refractivity contribution in [3.63, 3.8) is 0 Å². The van der Waals surface area contributed by atoms with Crippen LogP contribution >= 0.6 is 11.6 Å². The number of ether oxygens (including phenoxy) is 1. The van der Waals surface area contributed by atoms with Crippen LogP contribution in [0.25, 0.3) is 0 Å². The SMILES string of the molecule is O=C(CCCOc1ccccc1Cl)NCCNC(=O)c1ccc(F)c(F)c1F. The number of carbonyl (C=O) groups excluding carboxylic acids is 2. The molecule has 2 rings (SSSR count). The molecule has 0 fully saturated rings. The first-order valence-corrected chi connectivity index (χ1v) is 8.83. The third kappa shape index (κ3) is 6.16. The fraction of sp³-hybridized carbons (Fsp3) is 0.263. The second kappa shape index (κ2) is 10.6. The fourth-order valence-electron chi connectivity index (χ4n) is 2.24. The molecule has 2 aromatic rings. The van der Waals surface area contributed by atoms with E-state index in [2.05, 4.69) is 10.6 Å². The molecule has 0 radical (unpaired) electrons. The average molecular weight is 415 g/mol. The Morgan fingerprint density at radius 1 is 0.964 bits per heavy atom. The molecule has 0 bridgehead atoms. The number of hydrogen-bond acceptors (Lipinski definition) is 3. The van der Waals surface area contributed by atoms with Crippen LogP contribution in [-0.2, 0) is 4.79 Å². The molecule has 2 aromatic carbocycles. The zero-order valence-electron chi connectivity index (χ0n) is 14.7. The highest BCUT2D eigenvalue weighted by atomic mass is 35.5. The number of hydrogen-bond donors (Lipinski definition) is 2.